The fourth-order valence-corrected chi connectivity index (χ4v) is 8.92. The number of rotatable bonds is 7. The topological polar surface area (TPSA) is 12.5 Å². The molecule has 2 heteroatoms. The molecule has 282 valence electrons. The third-order valence-electron chi connectivity index (χ3n) is 11.7. The molecule has 0 saturated carbocycles. The highest BCUT2D eigenvalue weighted by molar-refractivity contribution is 6.14. The van der Waals surface area contributed by atoms with Gasteiger partial charge in [0.1, 0.15) is 11.5 Å². The number of para-hydroxylation sites is 2. The van der Waals surface area contributed by atoms with E-state index in [1.807, 2.05) is 0 Å². The van der Waals surface area contributed by atoms with Gasteiger partial charge in [-0.15, -0.1) is 0 Å². The first-order valence-electron chi connectivity index (χ1n) is 20.5. The third-order valence-corrected chi connectivity index (χ3v) is 11.7. The fourth-order valence-electron chi connectivity index (χ4n) is 8.92. The van der Waals surface area contributed by atoms with Crippen LogP contribution < -0.4 is 9.64 Å². The highest BCUT2D eigenvalue weighted by Gasteiger charge is 2.27. The van der Waals surface area contributed by atoms with Gasteiger partial charge in [-0.1, -0.05) is 188 Å². The van der Waals surface area contributed by atoms with Crippen molar-refractivity contribution in [3.63, 3.8) is 0 Å². The minimum atomic E-state index is 0.852. The van der Waals surface area contributed by atoms with E-state index in [0.29, 0.717) is 0 Å². The predicted octanol–water partition coefficient (Wildman–Crippen LogP) is 16.4. The van der Waals surface area contributed by atoms with Crippen LogP contribution in [0.25, 0.3) is 77.5 Å². The Labute approximate surface area is 350 Å². The van der Waals surface area contributed by atoms with Crippen molar-refractivity contribution in [2.75, 3.05) is 4.90 Å². The Bertz CT molecular complexity index is 3140. The molecule has 60 heavy (non-hydrogen) atoms. The summed E-state index contributed by atoms with van der Waals surface area (Å²) in [5.41, 5.74) is 17.2. The maximum absolute atomic E-state index is 6.84. The van der Waals surface area contributed by atoms with Crippen molar-refractivity contribution in [3.8, 4) is 78.3 Å². The zero-order valence-corrected chi connectivity index (χ0v) is 32.9. The molecule has 1 aliphatic rings. The van der Waals surface area contributed by atoms with Crippen LogP contribution in [0.3, 0.4) is 0 Å². The molecule has 0 amide bonds. The lowest BCUT2D eigenvalue weighted by atomic mass is 9.83. The molecule has 1 aliphatic heterocycles. The first-order chi connectivity index (χ1) is 29.8. The van der Waals surface area contributed by atoms with Gasteiger partial charge < -0.3 is 9.64 Å². The molecule has 0 spiro atoms. The van der Waals surface area contributed by atoms with Gasteiger partial charge in [-0.2, -0.15) is 0 Å². The lowest BCUT2D eigenvalue weighted by Crippen LogP contribution is -2.11. The summed E-state index contributed by atoms with van der Waals surface area (Å²) in [5, 5.41) is 2.39. The number of benzene rings is 10. The summed E-state index contributed by atoms with van der Waals surface area (Å²) in [7, 11) is 0. The van der Waals surface area contributed by atoms with Crippen molar-refractivity contribution in [2.45, 2.75) is 0 Å². The molecule has 0 bridgehead atoms. The first kappa shape index (κ1) is 35.2. The Morgan fingerprint density at radius 3 is 1.42 bits per heavy atom. The normalized spacial score (nSPS) is 11.5. The number of hydrogen-bond acceptors (Lipinski definition) is 2. The van der Waals surface area contributed by atoms with Gasteiger partial charge in [-0.25, -0.2) is 0 Å². The molecule has 1 heterocycles. The van der Waals surface area contributed by atoms with E-state index in [9.17, 15) is 0 Å². The van der Waals surface area contributed by atoms with Crippen LogP contribution in [0.5, 0.6) is 11.5 Å². The molecule has 0 N–H and O–H groups in total. The lowest BCUT2D eigenvalue weighted by Gasteiger charge is -2.28. The number of anilines is 3. The van der Waals surface area contributed by atoms with Crippen LogP contribution in [-0.2, 0) is 0 Å². The molecule has 0 unspecified atom stereocenters. The number of fused-ring (bicyclic) bond motifs is 7. The van der Waals surface area contributed by atoms with Crippen LogP contribution in [0, 0.1) is 0 Å². The molecule has 0 aromatic heterocycles. The average Bonchev–Trinajstić information content (AvgIpc) is 3.47. The van der Waals surface area contributed by atoms with Crippen LogP contribution in [0.1, 0.15) is 0 Å². The monoisotopic (exact) mass is 765 g/mol. The van der Waals surface area contributed by atoms with Crippen molar-refractivity contribution in [1.29, 1.82) is 0 Å². The van der Waals surface area contributed by atoms with Crippen LogP contribution in [0.2, 0.25) is 0 Å². The van der Waals surface area contributed by atoms with E-state index in [1.165, 1.54) is 44.2 Å². The Balaban J connectivity index is 1.10. The molecule has 11 rings (SSSR count). The minimum Gasteiger partial charge on any atom is -0.456 e. The quantitative estimate of drug-likeness (QED) is 0.160. The summed E-state index contributed by atoms with van der Waals surface area (Å²) in [6.07, 6.45) is 0. The van der Waals surface area contributed by atoms with E-state index in [2.05, 4.69) is 241 Å². The maximum atomic E-state index is 6.84. The van der Waals surface area contributed by atoms with Gasteiger partial charge in [-0.3, -0.25) is 0 Å². The highest BCUT2D eigenvalue weighted by atomic mass is 16.5. The largest absolute Gasteiger partial charge is 0.456 e. The summed E-state index contributed by atoms with van der Waals surface area (Å²) in [5.74, 6) is 1.71. The van der Waals surface area contributed by atoms with Gasteiger partial charge in [-0.05, 0) is 104 Å². The number of hydrogen-bond donors (Lipinski definition) is 0. The summed E-state index contributed by atoms with van der Waals surface area (Å²) in [6, 6.07) is 84.7. The van der Waals surface area contributed by atoms with Crippen LogP contribution in [0.15, 0.2) is 237 Å². The zero-order valence-electron chi connectivity index (χ0n) is 32.9. The second-order valence-electron chi connectivity index (χ2n) is 15.2. The molecular weight excluding hydrogens is 727 g/mol. The average molecular weight is 766 g/mol. The molecule has 2 nitrogen and oxygen atoms in total. The maximum Gasteiger partial charge on any atom is 0.135 e. The smallest absolute Gasteiger partial charge is 0.135 e. The fraction of sp³-hybridized carbons (Fsp3) is 0. The van der Waals surface area contributed by atoms with E-state index < -0.39 is 0 Å². The van der Waals surface area contributed by atoms with Crippen LogP contribution >= 0.6 is 0 Å². The third kappa shape index (κ3) is 6.23. The van der Waals surface area contributed by atoms with E-state index >= 15 is 0 Å². The standard InChI is InChI=1S/C58H39NO/c1-4-17-40(18-5-1)41-31-35-45(36-32-41)59(54-28-14-12-23-47(54)42-19-6-2-7-20-42)46-37-33-44(34-38-46)52-39-53-57(50-25-11-10-24-49(50)52)51-26-13-15-29-55(51)60-56-30-16-27-48(58(53)56)43-21-8-3-9-22-43/h1-39H. The van der Waals surface area contributed by atoms with E-state index in [-0.39, 0.29) is 0 Å². The van der Waals surface area contributed by atoms with E-state index in [1.54, 1.807) is 0 Å². The second-order valence-corrected chi connectivity index (χ2v) is 15.2. The van der Waals surface area contributed by atoms with Crippen molar-refractivity contribution in [2.24, 2.45) is 0 Å². The molecular formula is C58H39NO. The van der Waals surface area contributed by atoms with Crippen molar-refractivity contribution in [3.05, 3.63) is 237 Å². The van der Waals surface area contributed by atoms with Crippen molar-refractivity contribution in [1.82, 2.24) is 0 Å². The Morgan fingerprint density at radius 2 is 0.733 bits per heavy atom. The molecule has 0 atom stereocenters. The van der Waals surface area contributed by atoms with E-state index in [4.69, 9.17) is 4.74 Å². The highest BCUT2D eigenvalue weighted by Crippen LogP contribution is 2.54. The summed E-state index contributed by atoms with van der Waals surface area (Å²) >= 11 is 0. The molecule has 10 aromatic rings. The molecule has 10 aromatic carbocycles. The zero-order chi connectivity index (χ0) is 39.8. The summed E-state index contributed by atoms with van der Waals surface area (Å²) in [4.78, 5) is 2.38. The first-order valence-corrected chi connectivity index (χ1v) is 20.5. The Morgan fingerprint density at radius 1 is 0.267 bits per heavy atom. The number of ether oxygens (including phenoxy) is 1. The Kier molecular flexibility index (Phi) is 8.87. The Hall–Kier alpha value is -7.94. The molecule has 0 saturated heterocycles. The molecule has 0 fully saturated rings. The van der Waals surface area contributed by atoms with Gasteiger partial charge in [0, 0.05) is 33.6 Å². The van der Waals surface area contributed by atoms with Crippen molar-refractivity contribution >= 4 is 27.8 Å². The predicted molar refractivity (Wildman–Crippen MR) is 251 cm³/mol. The minimum absolute atomic E-state index is 0.852. The summed E-state index contributed by atoms with van der Waals surface area (Å²) < 4.78 is 6.84. The second kappa shape index (κ2) is 15.1. The molecule has 0 aliphatic carbocycles. The summed E-state index contributed by atoms with van der Waals surface area (Å²) in [6.45, 7) is 0. The van der Waals surface area contributed by atoms with E-state index in [0.717, 1.165) is 61.9 Å². The van der Waals surface area contributed by atoms with Gasteiger partial charge >= 0.3 is 0 Å². The van der Waals surface area contributed by atoms with Crippen molar-refractivity contribution < 1.29 is 4.74 Å². The van der Waals surface area contributed by atoms with Gasteiger partial charge in [0.2, 0.25) is 0 Å². The SMILES string of the molecule is c1ccc(-c2ccc(N(c3ccc(-c4cc5c(c6ccccc46)-c4ccccc4Oc4cccc(-c6ccccc6)c4-5)cc3)c3ccccc3-c3ccccc3)cc2)cc1. The van der Waals surface area contributed by atoms with Crippen LogP contribution in [-0.4, -0.2) is 0 Å². The number of nitrogens with zero attached hydrogens (tertiary/aromatic N) is 1. The van der Waals surface area contributed by atoms with Gasteiger partial charge in [0.15, 0.2) is 0 Å². The van der Waals surface area contributed by atoms with Gasteiger partial charge in [0.25, 0.3) is 0 Å². The molecule has 0 radical (unpaired) electrons. The lowest BCUT2D eigenvalue weighted by molar-refractivity contribution is 0.488. The van der Waals surface area contributed by atoms with Crippen LogP contribution in [0.4, 0.5) is 17.1 Å². The van der Waals surface area contributed by atoms with Gasteiger partial charge in [0.05, 0.1) is 5.69 Å².